The van der Waals surface area contributed by atoms with Gasteiger partial charge in [0.1, 0.15) is 5.75 Å². The number of anilines is 1. The maximum absolute atomic E-state index is 12.4. The lowest BCUT2D eigenvalue weighted by molar-refractivity contribution is 0.350. The van der Waals surface area contributed by atoms with Crippen LogP contribution in [0.1, 0.15) is 5.56 Å². The third-order valence-electron chi connectivity index (χ3n) is 5.02. The molecule has 2 unspecified atom stereocenters. The van der Waals surface area contributed by atoms with E-state index in [4.69, 9.17) is 17.0 Å². The summed E-state index contributed by atoms with van der Waals surface area (Å²) in [4.78, 5) is 4.01. The number of nitrogens with zero attached hydrogens (tertiary/aromatic N) is 2. The third-order valence-corrected chi connectivity index (χ3v) is 7.15. The van der Waals surface area contributed by atoms with Gasteiger partial charge < -0.3 is 14.5 Å². The van der Waals surface area contributed by atoms with Gasteiger partial charge in [0.25, 0.3) is 0 Å². The number of hydrogen-bond acceptors (Lipinski definition) is 4. The van der Waals surface area contributed by atoms with Crippen molar-refractivity contribution < 1.29 is 13.2 Å². The van der Waals surface area contributed by atoms with Crippen LogP contribution in [0.25, 0.3) is 0 Å². The minimum Gasteiger partial charge on any atom is -0.495 e. The largest absolute Gasteiger partial charge is 0.495 e. The summed E-state index contributed by atoms with van der Waals surface area (Å²) < 4.78 is 30.2. The Bertz CT molecular complexity index is 931. The van der Waals surface area contributed by atoms with Gasteiger partial charge in [0.15, 0.2) is 14.9 Å². The molecule has 0 radical (unpaired) electrons. The fourth-order valence-electron chi connectivity index (χ4n) is 3.85. The van der Waals surface area contributed by atoms with Crippen LogP contribution in [0.2, 0.25) is 0 Å². The molecule has 0 bridgehead atoms. The summed E-state index contributed by atoms with van der Waals surface area (Å²) in [6.45, 7) is 0.599. The van der Waals surface area contributed by atoms with Crippen LogP contribution in [0.3, 0.4) is 0 Å². The van der Waals surface area contributed by atoms with Crippen molar-refractivity contribution in [3.63, 3.8) is 0 Å². The van der Waals surface area contributed by atoms with E-state index in [0.29, 0.717) is 17.4 Å². The first-order valence-corrected chi connectivity index (χ1v) is 10.7. The van der Waals surface area contributed by atoms with Gasteiger partial charge in [-0.1, -0.05) is 42.5 Å². The molecule has 2 saturated heterocycles. The Balaban J connectivity index is 1.74. The second kappa shape index (κ2) is 6.55. The SMILES string of the molecule is COc1ccccc1N1C(=S)N(Cc2ccccc2)C2CS(=O)(=O)CC21. The first-order valence-electron chi connectivity index (χ1n) is 8.47. The van der Waals surface area contributed by atoms with Crippen molar-refractivity contribution in [2.24, 2.45) is 0 Å². The molecular weight excluding hydrogens is 368 g/mol. The third kappa shape index (κ3) is 2.95. The highest BCUT2D eigenvalue weighted by molar-refractivity contribution is 7.91. The Labute approximate surface area is 159 Å². The van der Waals surface area contributed by atoms with E-state index in [9.17, 15) is 8.42 Å². The zero-order chi connectivity index (χ0) is 18.3. The lowest BCUT2D eigenvalue weighted by Crippen LogP contribution is -2.37. The van der Waals surface area contributed by atoms with Crippen LogP contribution in [0, 0.1) is 0 Å². The quantitative estimate of drug-likeness (QED) is 0.750. The standard InChI is InChI=1S/C19H20N2O3S2/c1-24-18-10-6-5-9-15(18)21-17-13-26(22,23)12-16(17)20(19(21)25)11-14-7-3-2-4-8-14/h2-10,16-17H,11-13H2,1H3. The van der Waals surface area contributed by atoms with Crippen LogP contribution < -0.4 is 9.64 Å². The molecule has 0 amide bonds. The molecule has 2 aromatic carbocycles. The van der Waals surface area contributed by atoms with Crippen LogP contribution in [-0.2, 0) is 16.4 Å². The van der Waals surface area contributed by atoms with E-state index in [-0.39, 0.29) is 23.6 Å². The van der Waals surface area contributed by atoms with E-state index in [1.165, 1.54) is 0 Å². The Hall–Kier alpha value is -2.12. The van der Waals surface area contributed by atoms with Crippen molar-refractivity contribution in [3.8, 4) is 5.75 Å². The van der Waals surface area contributed by atoms with Gasteiger partial charge in [-0.05, 0) is 29.9 Å². The van der Waals surface area contributed by atoms with Crippen molar-refractivity contribution in [2.45, 2.75) is 18.6 Å². The van der Waals surface area contributed by atoms with Gasteiger partial charge in [0.2, 0.25) is 0 Å². The Kier molecular flexibility index (Phi) is 4.36. The molecule has 2 aromatic rings. The molecule has 0 N–H and O–H groups in total. The second-order valence-electron chi connectivity index (χ2n) is 6.65. The van der Waals surface area contributed by atoms with Gasteiger partial charge in [-0.3, -0.25) is 0 Å². The summed E-state index contributed by atoms with van der Waals surface area (Å²) in [6, 6.07) is 17.3. The zero-order valence-corrected chi connectivity index (χ0v) is 16.0. The van der Waals surface area contributed by atoms with Gasteiger partial charge in [-0.25, -0.2) is 8.42 Å². The number of methoxy groups -OCH3 is 1. The molecule has 7 heteroatoms. The van der Waals surface area contributed by atoms with E-state index in [2.05, 4.69) is 0 Å². The number of hydrogen-bond donors (Lipinski definition) is 0. The average Bonchev–Trinajstić information content (AvgIpc) is 3.07. The molecule has 5 nitrogen and oxygen atoms in total. The molecular formula is C19H20N2O3S2. The molecule has 2 atom stereocenters. The number of sulfone groups is 1. The van der Waals surface area contributed by atoms with Gasteiger partial charge in [-0.2, -0.15) is 0 Å². The first kappa shape index (κ1) is 17.3. The van der Waals surface area contributed by atoms with Gasteiger partial charge in [0, 0.05) is 6.54 Å². The van der Waals surface area contributed by atoms with Crippen LogP contribution in [0.15, 0.2) is 54.6 Å². The van der Waals surface area contributed by atoms with Crippen LogP contribution >= 0.6 is 12.2 Å². The molecule has 0 aromatic heterocycles. The highest BCUT2D eigenvalue weighted by Gasteiger charge is 2.52. The van der Waals surface area contributed by atoms with Crippen molar-refractivity contribution >= 4 is 32.9 Å². The lowest BCUT2D eigenvalue weighted by Gasteiger charge is -2.26. The smallest absolute Gasteiger partial charge is 0.177 e. The van der Waals surface area contributed by atoms with Crippen molar-refractivity contribution in [3.05, 3.63) is 60.2 Å². The molecule has 0 saturated carbocycles. The highest BCUT2D eigenvalue weighted by atomic mass is 32.2. The van der Waals surface area contributed by atoms with Crippen molar-refractivity contribution in [2.75, 3.05) is 23.5 Å². The van der Waals surface area contributed by atoms with Crippen LogP contribution in [0.5, 0.6) is 5.75 Å². The first-order chi connectivity index (χ1) is 12.5. The Morgan fingerprint density at radius 2 is 1.69 bits per heavy atom. The number of fused-ring (bicyclic) bond motifs is 1. The number of benzene rings is 2. The molecule has 2 aliphatic rings. The molecule has 136 valence electrons. The summed E-state index contributed by atoms with van der Waals surface area (Å²) >= 11 is 5.78. The number of rotatable bonds is 4. The van der Waals surface area contributed by atoms with E-state index < -0.39 is 9.84 Å². The maximum Gasteiger partial charge on any atom is 0.177 e. The number of para-hydroxylation sites is 2. The Morgan fingerprint density at radius 3 is 2.42 bits per heavy atom. The van der Waals surface area contributed by atoms with Gasteiger partial charge in [0.05, 0.1) is 36.4 Å². The van der Waals surface area contributed by atoms with Gasteiger partial charge >= 0.3 is 0 Å². The summed E-state index contributed by atoms with van der Waals surface area (Å²) in [7, 11) is -1.48. The minimum absolute atomic E-state index is 0.112. The predicted molar refractivity (Wildman–Crippen MR) is 106 cm³/mol. The van der Waals surface area contributed by atoms with E-state index in [0.717, 1.165) is 11.3 Å². The molecule has 0 spiro atoms. The Morgan fingerprint density at radius 1 is 1.04 bits per heavy atom. The normalized spacial score (nSPS) is 24.0. The zero-order valence-electron chi connectivity index (χ0n) is 14.4. The maximum atomic E-state index is 12.4. The van der Waals surface area contributed by atoms with Crippen molar-refractivity contribution in [1.29, 1.82) is 0 Å². The molecule has 0 aliphatic carbocycles. The number of thiocarbonyl (C=S) groups is 1. The average molecular weight is 389 g/mol. The minimum atomic E-state index is -3.10. The summed E-state index contributed by atoms with van der Waals surface area (Å²) in [5.74, 6) is 0.941. The summed E-state index contributed by atoms with van der Waals surface area (Å²) in [5.41, 5.74) is 1.93. The topological polar surface area (TPSA) is 49.9 Å². The van der Waals surface area contributed by atoms with Crippen LogP contribution in [0.4, 0.5) is 5.69 Å². The fraction of sp³-hybridized carbons (Fsp3) is 0.316. The molecule has 2 fully saturated rings. The molecule has 4 rings (SSSR count). The summed E-state index contributed by atoms with van der Waals surface area (Å²) in [6.07, 6.45) is 0. The predicted octanol–water partition coefficient (Wildman–Crippen LogP) is 2.47. The van der Waals surface area contributed by atoms with E-state index in [1.54, 1.807) is 7.11 Å². The van der Waals surface area contributed by atoms with Crippen molar-refractivity contribution in [1.82, 2.24) is 4.90 Å². The molecule has 26 heavy (non-hydrogen) atoms. The highest BCUT2D eigenvalue weighted by Crippen LogP contribution is 2.39. The second-order valence-corrected chi connectivity index (χ2v) is 9.17. The molecule has 2 heterocycles. The van der Waals surface area contributed by atoms with Crippen LogP contribution in [-0.4, -0.2) is 49.1 Å². The summed E-state index contributed by atoms with van der Waals surface area (Å²) in [5, 5.41) is 0.656. The van der Waals surface area contributed by atoms with Gasteiger partial charge in [-0.15, -0.1) is 0 Å². The van der Waals surface area contributed by atoms with E-state index in [1.807, 2.05) is 64.4 Å². The monoisotopic (exact) mass is 388 g/mol. The lowest BCUT2D eigenvalue weighted by atomic mass is 10.1. The van der Waals surface area contributed by atoms with E-state index >= 15 is 0 Å². The number of ether oxygens (including phenoxy) is 1. The fourth-order valence-corrected chi connectivity index (χ4v) is 6.24. The molecule has 2 aliphatic heterocycles.